The predicted octanol–water partition coefficient (Wildman–Crippen LogP) is 8.03. The molecule has 0 bridgehead atoms. The van der Waals surface area contributed by atoms with Crippen LogP contribution in [0.4, 0.5) is 34.6 Å². The van der Waals surface area contributed by atoms with Crippen molar-refractivity contribution in [3.63, 3.8) is 0 Å². The highest BCUT2D eigenvalue weighted by Gasteiger charge is 2.27. The van der Waals surface area contributed by atoms with Crippen LogP contribution in [0.3, 0.4) is 0 Å². The van der Waals surface area contributed by atoms with Gasteiger partial charge in [-0.15, -0.1) is 11.8 Å². The van der Waals surface area contributed by atoms with E-state index in [4.69, 9.17) is 0 Å². The molecule has 5 rings (SSSR count). The molecule has 252 valence electrons. The molecule has 0 fully saturated rings. The van der Waals surface area contributed by atoms with E-state index in [-0.39, 0.29) is 34.3 Å². The van der Waals surface area contributed by atoms with Crippen molar-refractivity contribution in [3.05, 3.63) is 171 Å². The van der Waals surface area contributed by atoms with Crippen molar-refractivity contribution in [2.75, 3.05) is 10.6 Å². The summed E-state index contributed by atoms with van der Waals surface area (Å²) in [6, 6.07) is 27.8. The van der Waals surface area contributed by atoms with Crippen molar-refractivity contribution < 1.29 is 36.9 Å². The molecule has 0 heterocycles. The summed E-state index contributed by atoms with van der Waals surface area (Å²) in [6.45, 7) is 0. The number of nitrogens with zero attached hydrogens (tertiary/aromatic N) is 1. The number of nitrogens with one attached hydrogen (secondary N) is 3. The van der Waals surface area contributed by atoms with Crippen molar-refractivity contribution >= 4 is 52.6 Å². The Morgan fingerprint density at radius 3 is 1.94 bits per heavy atom. The van der Waals surface area contributed by atoms with E-state index >= 15 is 0 Å². The molecule has 1 atom stereocenters. The summed E-state index contributed by atoms with van der Waals surface area (Å²) in [4.78, 5) is 51.1. The molecule has 0 aromatic heterocycles. The first-order valence-electron chi connectivity index (χ1n) is 14.6. The fourth-order valence-corrected chi connectivity index (χ4v) is 5.62. The lowest BCUT2D eigenvalue weighted by Crippen LogP contribution is -2.30. The van der Waals surface area contributed by atoms with Crippen LogP contribution in [0.15, 0.2) is 126 Å². The molecule has 9 nitrogen and oxygen atoms in total. The molecule has 0 spiro atoms. The highest BCUT2D eigenvalue weighted by molar-refractivity contribution is 8.00. The molecule has 0 aliphatic carbocycles. The molecule has 0 aliphatic heterocycles. The Morgan fingerprint density at radius 2 is 1.32 bits per heavy atom. The molecule has 3 amide bonds. The van der Waals surface area contributed by atoms with Crippen LogP contribution in [0.5, 0.6) is 0 Å². The maximum absolute atomic E-state index is 14.3. The smallest absolute Gasteiger partial charge is 0.276 e. The summed E-state index contributed by atoms with van der Waals surface area (Å²) in [7, 11) is 0. The first-order chi connectivity index (χ1) is 24.0. The number of anilines is 2. The average molecular weight is 701 g/mol. The summed E-state index contributed by atoms with van der Waals surface area (Å²) in [5.74, 6) is -9.29. The van der Waals surface area contributed by atoms with Gasteiger partial charge in [-0.1, -0.05) is 60.7 Å². The zero-order valence-electron chi connectivity index (χ0n) is 25.5. The van der Waals surface area contributed by atoms with Crippen LogP contribution < -0.4 is 16.0 Å². The number of thioether (sulfide) groups is 1. The van der Waals surface area contributed by atoms with Crippen LogP contribution in [0, 0.1) is 33.4 Å². The predicted molar refractivity (Wildman–Crippen MR) is 180 cm³/mol. The van der Waals surface area contributed by atoms with Crippen molar-refractivity contribution in [1.29, 1.82) is 0 Å². The molecular formula is C36H24F4N4O5S. The molecule has 5 aromatic rings. The zero-order chi connectivity index (χ0) is 35.8. The Morgan fingerprint density at radius 1 is 0.740 bits per heavy atom. The molecule has 0 saturated carbocycles. The summed E-state index contributed by atoms with van der Waals surface area (Å²) in [5, 5.41) is 17.5. The number of benzene rings is 5. The van der Waals surface area contributed by atoms with Gasteiger partial charge in [0.25, 0.3) is 17.5 Å². The van der Waals surface area contributed by atoms with Gasteiger partial charge >= 0.3 is 0 Å². The second-order valence-electron chi connectivity index (χ2n) is 10.4. The number of nitro benzene ring substituents is 1. The number of halogens is 4. The molecular weight excluding hydrogens is 676 g/mol. The van der Waals surface area contributed by atoms with Gasteiger partial charge in [0, 0.05) is 28.3 Å². The second-order valence-corrected chi connectivity index (χ2v) is 11.6. The molecule has 0 saturated heterocycles. The highest BCUT2D eigenvalue weighted by Crippen LogP contribution is 2.37. The largest absolute Gasteiger partial charge is 0.321 e. The summed E-state index contributed by atoms with van der Waals surface area (Å²) >= 11 is 0.946. The van der Waals surface area contributed by atoms with Gasteiger partial charge in [-0.2, -0.15) is 0 Å². The Hall–Kier alpha value is -6.28. The third-order valence-corrected chi connectivity index (χ3v) is 8.29. The fourth-order valence-electron chi connectivity index (χ4n) is 4.60. The van der Waals surface area contributed by atoms with E-state index in [0.717, 1.165) is 11.8 Å². The van der Waals surface area contributed by atoms with E-state index in [1.807, 2.05) is 5.32 Å². The van der Waals surface area contributed by atoms with Crippen molar-refractivity contribution in [3.8, 4) is 0 Å². The van der Waals surface area contributed by atoms with Gasteiger partial charge < -0.3 is 16.0 Å². The number of hydrogen-bond donors (Lipinski definition) is 3. The molecule has 14 heteroatoms. The minimum absolute atomic E-state index is 0.0333. The van der Waals surface area contributed by atoms with Gasteiger partial charge in [-0.25, -0.2) is 17.6 Å². The monoisotopic (exact) mass is 700 g/mol. The van der Waals surface area contributed by atoms with Gasteiger partial charge in [0.15, 0.2) is 23.3 Å². The standard InChI is InChI=1S/C36H24F4N4O5S/c37-26-20-27(38)31(40)32(30(26)39)43-36(47)33(21-9-3-1-4-10-21)50-25-17-15-24(16-18-25)41-35(46)28(42-34(45)22-11-5-2-6-12-22)19-23-13-7-8-14-29(23)44(48)49/h1-20,33H,(H,41,46)(H,42,45)(H,43,47)/b28-19-. The first-order valence-corrected chi connectivity index (χ1v) is 15.5. The third kappa shape index (κ3) is 8.41. The van der Waals surface area contributed by atoms with Crippen LogP contribution in [-0.4, -0.2) is 22.6 Å². The summed E-state index contributed by atoms with van der Waals surface area (Å²) < 4.78 is 56.3. The molecule has 0 radical (unpaired) electrons. The van der Waals surface area contributed by atoms with Crippen LogP contribution >= 0.6 is 11.8 Å². The van der Waals surface area contributed by atoms with Gasteiger partial charge in [0.2, 0.25) is 5.91 Å². The van der Waals surface area contributed by atoms with Crippen LogP contribution in [0.1, 0.15) is 26.7 Å². The van der Waals surface area contributed by atoms with Gasteiger partial charge in [0.1, 0.15) is 16.6 Å². The highest BCUT2D eigenvalue weighted by atomic mass is 32.2. The maximum Gasteiger partial charge on any atom is 0.276 e. The maximum atomic E-state index is 14.3. The number of para-hydroxylation sites is 1. The lowest BCUT2D eigenvalue weighted by molar-refractivity contribution is -0.385. The number of hydrogen-bond acceptors (Lipinski definition) is 6. The van der Waals surface area contributed by atoms with Gasteiger partial charge in [-0.05, 0) is 54.1 Å². The minimum Gasteiger partial charge on any atom is -0.321 e. The van der Waals surface area contributed by atoms with E-state index < -0.39 is 56.9 Å². The second kappa shape index (κ2) is 15.7. The average Bonchev–Trinajstić information content (AvgIpc) is 3.12. The lowest BCUT2D eigenvalue weighted by atomic mass is 10.1. The molecule has 5 aromatic carbocycles. The topological polar surface area (TPSA) is 130 Å². The Labute approximate surface area is 286 Å². The number of amides is 3. The van der Waals surface area contributed by atoms with Gasteiger partial charge in [-0.3, -0.25) is 24.5 Å². The van der Waals surface area contributed by atoms with Crippen molar-refractivity contribution in [2.24, 2.45) is 0 Å². The van der Waals surface area contributed by atoms with E-state index in [9.17, 15) is 42.1 Å². The number of rotatable bonds is 11. The number of carbonyl (C=O) groups excluding carboxylic acids is 3. The van der Waals surface area contributed by atoms with E-state index in [1.165, 1.54) is 66.7 Å². The molecule has 1 unspecified atom stereocenters. The number of nitro groups is 1. The van der Waals surface area contributed by atoms with Crippen LogP contribution in [0.2, 0.25) is 0 Å². The summed E-state index contributed by atoms with van der Waals surface area (Å²) in [5.41, 5.74) is -0.908. The lowest BCUT2D eigenvalue weighted by Gasteiger charge is -2.18. The van der Waals surface area contributed by atoms with E-state index in [2.05, 4.69) is 10.6 Å². The Kier molecular flexibility index (Phi) is 11.0. The van der Waals surface area contributed by atoms with Crippen molar-refractivity contribution in [1.82, 2.24) is 5.32 Å². The quantitative estimate of drug-likeness (QED) is 0.0320. The van der Waals surface area contributed by atoms with Crippen LogP contribution in [0.25, 0.3) is 6.08 Å². The Balaban J connectivity index is 1.38. The first kappa shape index (κ1) is 35.0. The zero-order valence-corrected chi connectivity index (χ0v) is 26.3. The summed E-state index contributed by atoms with van der Waals surface area (Å²) in [6.07, 6.45) is 1.18. The normalized spacial score (nSPS) is 11.7. The minimum atomic E-state index is -1.76. The number of carbonyl (C=O) groups is 3. The molecule has 0 aliphatic rings. The molecule has 50 heavy (non-hydrogen) atoms. The fraction of sp³-hybridized carbons (Fsp3) is 0.0278. The SMILES string of the molecule is O=C(Nc1ccc(SC(C(=O)Nc2c(F)c(F)cc(F)c2F)c2ccccc2)cc1)/C(=C/c1ccccc1[N+](=O)[O-])NC(=O)c1ccccc1. The van der Waals surface area contributed by atoms with Gasteiger partial charge in [0.05, 0.1) is 10.5 Å². The third-order valence-electron chi connectivity index (χ3n) is 7.03. The Bertz CT molecular complexity index is 2070. The van der Waals surface area contributed by atoms with E-state index in [0.29, 0.717) is 10.5 Å². The van der Waals surface area contributed by atoms with Crippen LogP contribution in [-0.2, 0) is 9.59 Å². The molecule has 3 N–H and O–H groups in total. The van der Waals surface area contributed by atoms with Crippen molar-refractivity contribution in [2.45, 2.75) is 10.1 Å². The van der Waals surface area contributed by atoms with E-state index in [1.54, 1.807) is 48.5 Å².